The molecule has 2 rings (SSSR count). The van der Waals surface area contributed by atoms with Crippen LogP contribution in [-0.4, -0.2) is 39.4 Å². The second kappa shape index (κ2) is 11.8. The van der Waals surface area contributed by atoms with Crippen molar-refractivity contribution in [2.45, 2.75) is 12.8 Å². The van der Waals surface area contributed by atoms with Crippen molar-refractivity contribution in [2.24, 2.45) is 4.99 Å². The molecule has 0 saturated carbocycles. The molecule has 140 valence electrons. The highest BCUT2D eigenvalue weighted by Crippen LogP contribution is 2.17. The number of hydrogen-bond acceptors (Lipinski definition) is 4. The van der Waals surface area contributed by atoms with Gasteiger partial charge in [0, 0.05) is 51.4 Å². The van der Waals surface area contributed by atoms with E-state index in [1.807, 2.05) is 36.4 Å². The maximum Gasteiger partial charge on any atom is 0.196 e. The third-order valence-electron chi connectivity index (χ3n) is 3.48. The summed E-state index contributed by atoms with van der Waals surface area (Å²) in [6, 6.07) is 11.6. The summed E-state index contributed by atoms with van der Waals surface area (Å²) in [4.78, 5) is 4.58. The standard InChI is InChI=1S/C20H27N3O3/c1-3-11-21-20(22-12-10-18-9-5-14-25-18)23-17-7-4-8-19(16-17)26-15-6-13-24-2/h3-5,7-9,14,16H,1,6,10-13,15H2,2H3,(H2,21,22,23). The normalized spacial score (nSPS) is 11.2. The van der Waals surface area contributed by atoms with Crippen LogP contribution in [0.4, 0.5) is 5.69 Å². The van der Waals surface area contributed by atoms with Crippen LogP contribution in [-0.2, 0) is 11.2 Å². The lowest BCUT2D eigenvalue weighted by atomic mass is 10.3. The van der Waals surface area contributed by atoms with E-state index in [-0.39, 0.29) is 0 Å². The molecule has 1 aromatic carbocycles. The van der Waals surface area contributed by atoms with Crippen molar-refractivity contribution >= 4 is 11.6 Å². The van der Waals surface area contributed by atoms with Gasteiger partial charge in [-0.2, -0.15) is 0 Å². The number of aliphatic imine (C=N–C) groups is 1. The Morgan fingerprint density at radius 3 is 2.96 bits per heavy atom. The van der Waals surface area contributed by atoms with Crippen LogP contribution in [0.2, 0.25) is 0 Å². The van der Waals surface area contributed by atoms with Crippen molar-refractivity contribution in [2.75, 3.05) is 38.7 Å². The number of ether oxygens (including phenoxy) is 2. The summed E-state index contributed by atoms with van der Waals surface area (Å²) in [5.41, 5.74) is 0.905. The van der Waals surface area contributed by atoms with E-state index < -0.39 is 0 Å². The molecule has 0 aliphatic rings. The fraction of sp³-hybridized carbons (Fsp3) is 0.350. The molecule has 0 aliphatic heterocycles. The quantitative estimate of drug-likeness (QED) is 0.279. The first kappa shape index (κ1) is 19.6. The van der Waals surface area contributed by atoms with Gasteiger partial charge in [-0.15, -0.1) is 6.58 Å². The van der Waals surface area contributed by atoms with Crippen molar-refractivity contribution in [3.63, 3.8) is 0 Å². The van der Waals surface area contributed by atoms with E-state index in [0.29, 0.717) is 32.3 Å². The van der Waals surface area contributed by atoms with Gasteiger partial charge in [-0.05, 0) is 24.3 Å². The van der Waals surface area contributed by atoms with Gasteiger partial charge in [0.1, 0.15) is 11.5 Å². The highest BCUT2D eigenvalue weighted by atomic mass is 16.5. The van der Waals surface area contributed by atoms with Gasteiger partial charge in [-0.25, -0.2) is 0 Å². The third kappa shape index (κ3) is 7.44. The number of furan rings is 1. The molecule has 0 bridgehead atoms. The number of nitrogens with zero attached hydrogens (tertiary/aromatic N) is 1. The zero-order valence-electron chi connectivity index (χ0n) is 15.2. The molecule has 0 spiro atoms. The molecule has 0 radical (unpaired) electrons. The molecule has 0 amide bonds. The predicted molar refractivity (Wildman–Crippen MR) is 105 cm³/mol. The fourth-order valence-electron chi connectivity index (χ4n) is 2.23. The summed E-state index contributed by atoms with van der Waals surface area (Å²) in [6.07, 6.45) is 5.07. The number of methoxy groups -OCH3 is 1. The Morgan fingerprint density at radius 2 is 2.19 bits per heavy atom. The van der Waals surface area contributed by atoms with E-state index in [2.05, 4.69) is 22.2 Å². The second-order valence-electron chi connectivity index (χ2n) is 5.58. The molecular formula is C20H27N3O3. The molecule has 0 aliphatic carbocycles. The molecule has 6 heteroatoms. The molecule has 2 N–H and O–H groups in total. The van der Waals surface area contributed by atoms with Crippen LogP contribution in [0.5, 0.6) is 5.75 Å². The molecule has 0 fully saturated rings. The smallest absolute Gasteiger partial charge is 0.196 e. The molecule has 6 nitrogen and oxygen atoms in total. The summed E-state index contributed by atoms with van der Waals surface area (Å²) in [7, 11) is 1.69. The first-order chi connectivity index (χ1) is 12.8. The monoisotopic (exact) mass is 357 g/mol. The minimum atomic E-state index is 0.618. The minimum absolute atomic E-state index is 0.618. The molecule has 2 aromatic rings. The Labute approximate surface area is 154 Å². The van der Waals surface area contributed by atoms with Crippen LogP contribution in [0.3, 0.4) is 0 Å². The van der Waals surface area contributed by atoms with Crippen LogP contribution in [0.1, 0.15) is 12.2 Å². The average molecular weight is 357 g/mol. The molecule has 1 aromatic heterocycles. The van der Waals surface area contributed by atoms with E-state index >= 15 is 0 Å². The number of anilines is 1. The molecule has 26 heavy (non-hydrogen) atoms. The zero-order chi connectivity index (χ0) is 18.5. The number of guanidine groups is 1. The molecule has 0 unspecified atom stereocenters. The molecule has 1 heterocycles. The van der Waals surface area contributed by atoms with E-state index in [0.717, 1.165) is 30.0 Å². The maximum atomic E-state index is 5.73. The Morgan fingerprint density at radius 1 is 1.27 bits per heavy atom. The fourth-order valence-corrected chi connectivity index (χ4v) is 2.23. The third-order valence-corrected chi connectivity index (χ3v) is 3.48. The molecular weight excluding hydrogens is 330 g/mol. The highest BCUT2D eigenvalue weighted by molar-refractivity contribution is 5.93. The highest BCUT2D eigenvalue weighted by Gasteiger charge is 2.02. The summed E-state index contributed by atoms with van der Waals surface area (Å²) in [5.74, 6) is 2.42. The van der Waals surface area contributed by atoms with Crippen molar-refractivity contribution in [3.8, 4) is 5.75 Å². The number of nitrogens with one attached hydrogen (secondary N) is 2. The van der Waals surface area contributed by atoms with Crippen molar-refractivity contribution in [1.82, 2.24) is 5.32 Å². The lowest BCUT2D eigenvalue weighted by Crippen LogP contribution is -2.31. The van der Waals surface area contributed by atoms with Crippen LogP contribution in [0.15, 0.2) is 64.7 Å². The SMILES string of the molecule is C=CCNC(=NCCc1ccco1)Nc1cccc(OCCCOC)c1. The molecule has 0 atom stereocenters. The van der Waals surface area contributed by atoms with E-state index in [1.54, 1.807) is 19.4 Å². The first-order valence-corrected chi connectivity index (χ1v) is 8.72. The number of rotatable bonds is 11. The first-order valence-electron chi connectivity index (χ1n) is 8.72. The van der Waals surface area contributed by atoms with E-state index in [4.69, 9.17) is 13.9 Å². The predicted octanol–water partition coefficient (Wildman–Crippen LogP) is 3.48. The summed E-state index contributed by atoms with van der Waals surface area (Å²) in [6.45, 7) is 6.29. The number of hydrogen-bond donors (Lipinski definition) is 2. The Balaban J connectivity index is 1.92. The largest absolute Gasteiger partial charge is 0.493 e. The summed E-state index contributed by atoms with van der Waals surface area (Å²) in [5, 5.41) is 6.50. The van der Waals surface area contributed by atoms with Gasteiger partial charge in [0.15, 0.2) is 5.96 Å². The average Bonchev–Trinajstić information content (AvgIpc) is 3.17. The summed E-state index contributed by atoms with van der Waals surface area (Å²) >= 11 is 0. The van der Waals surface area contributed by atoms with E-state index in [1.165, 1.54) is 0 Å². The second-order valence-corrected chi connectivity index (χ2v) is 5.58. The van der Waals surface area contributed by atoms with Crippen LogP contribution in [0.25, 0.3) is 0 Å². The summed E-state index contributed by atoms with van der Waals surface area (Å²) < 4.78 is 16.1. The Bertz CT molecular complexity index is 669. The van der Waals surface area contributed by atoms with Crippen molar-refractivity contribution in [1.29, 1.82) is 0 Å². The lowest BCUT2D eigenvalue weighted by molar-refractivity contribution is 0.172. The Kier molecular flexibility index (Phi) is 8.86. The minimum Gasteiger partial charge on any atom is -0.493 e. The van der Waals surface area contributed by atoms with Gasteiger partial charge in [0.2, 0.25) is 0 Å². The topological polar surface area (TPSA) is 68.0 Å². The van der Waals surface area contributed by atoms with Gasteiger partial charge in [0.25, 0.3) is 0 Å². The van der Waals surface area contributed by atoms with Crippen LogP contribution in [0, 0.1) is 0 Å². The van der Waals surface area contributed by atoms with Crippen molar-refractivity contribution < 1.29 is 13.9 Å². The number of benzene rings is 1. The van der Waals surface area contributed by atoms with Gasteiger partial charge in [-0.1, -0.05) is 12.1 Å². The van der Waals surface area contributed by atoms with Gasteiger partial charge >= 0.3 is 0 Å². The van der Waals surface area contributed by atoms with Gasteiger partial charge < -0.3 is 24.5 Å². The lowest BCUT2D eigenvalue weighted by Gasteiger charge is -2.13. The Hall–Kier alpha value is -2.73. The maximum absolute atomic E-state index is 5.73. The van der Waals surface area contributed by atoms with Crippen molar-refractivity contribution in [3.05, 3.63) is 61.1 Å². The molecule has 0 saturated heterocycles. The van der Waals surface area contributed by atoms with Gasteiger partial charge in [0.05, 0.1) is 12.9 Å². The van der Waals surface area contributed by atoms with Crippen LogP contribution >= 0.6 is 0 Å². The van der Waals surface area contributed by atoms with Crippen LogP contribution < -0.4 is 15.4 Å². The van der Waals surface area contributed by atoms with E-state index in [9.17, 15) is 0 Å². The zero-order valence-corrected chi connectivity index (χ0v) is 15.2. The van der Waals surface area contributed by atoms with Gasteiger partial charge in [-0.3, -0.25) is 4.99 Å².